The van der Waals surface area contributed by atoms with Crippen molar-refractivity contribution in [3.8, 4) is 23.1 Å². The molecule has 1 saturated carbocycles. The van der Waals surface area contributed by atoms with Gasteiger partial charge in [0.1, 0.15) is 12.1 Å². The molecule has 3 aromatic heterocycles. The SMILES string of the molecule is COC(=O)[C@H]1O[C@@H](Oc2ccc([N+](=O)[O-])cc2N(C)C(=O)n2ccc3c(-c4cnn([C@H](CC#N)C5CCCC5)c4)ncnc32)[C@H](OC(C)=O)[C@@H](OC(C)=O)[C@@H]1C. The lowest BCUT2D eigenvalue weighted by Gasteiger charge is -2.43. The number of nitro groups is 1. The van der Waals surface area contributed by atoms with E-state index < -0.39 is 65.1 Å². The minimum atomic E-state index is -1.63. The normalized spacial score (nSPS) is 21.5. The van der Waals surface area contributed by atoms with Crippen LogP contribution in [0.2, 0.25) is 0 Å². The van der Waals surface area contributed by atoms with E-state index in [1.807, 2.05) is 10.9 Å². The molecule has 19 nitrogen and oxygen atoms in total. The Kier molecular flexibility index (Phi) is 11.6. The molecular formula is C37H40N8O11. The Morgan fingerprint density at radius 1 is 1.11 bits per heavy atom. The number of rotatable bonds is 11. The van der Waals surface area contributed by atoms with Crippen molar-refractivity contribution in [1.82, 2.24) is 24.3 Å². The van der Waals surface area contributed by atoms with Crippen LogP contribution >= 0.6 is 0 Å². The van der Waals surface area contributed by atoms with Gasteiger partial charge in [0.2, 0.25) is 12.4 Å². The fourth-order valence-electron chi connectivity index (χ4n) is 7.39. The van der Waals surface area contributed by atoms with Crippen LogP contribution < -0.4 is 9.64 Å². The first kappa shape index (κ1) is 39.3. The van der Waals surface area contributed by atoms with Crippen LogP contribution in [0.5, 0.6) is 5.75 Å². The van der Waals surface area contributed by atoms with Gasteiger partial charge in [-0.3, -0.25) is 33.9 Å². The number of amides is 1. The maximum atomic E-state index is 14.2. The lowest BCUT2D eigenvalue weighted by Crippen LogP contribution is -2.60. The van der Waals surface area contributed by atoms with Crippen molar-refractivity contribution < 1.29 is 47.8 Å². The summed E-state index contributed by atoms with van der Waals surface area (Å²) in [5.41, 5.74) is 0.881. The molecular weight excluding hydrogens is 732 g/mol. The molecule has 1 aromatic carbocycles. The van der Waals surface area contributed by atoms with Gasteiger partial charge in [0.25, 0.3) is 5.69 Å². The standard InChI is InChI=1S/C37H40N8O11/c1-20-31(53-21(2)46)33(54-22(3)47)36(56-32(20)35(48)52-5)55-29-11-10-25(45(50)51)16-28(29)42(4)37(49)43-15-13-26-30(39-19-40-34(26)43)24-17-41-44(18-24)27(12-14-38)23-8-6-7-9-23/h10-11,13,15-20,23,27,31-33,36H,6-9,12H2,1-5H3/t20-,27+,31-,32-,33+,36+/m0/s1. The van der Waals surface area contributed by atoms with Crippen LogP contribution in [0.25, 0.3) is 22.3 Å². The zero-order valence-corrected chi connectivity index (χ0v) is 31.3. The molecule has 4 aromatic rings. The Labute approximate surface area is 320 Å². The van der Waals surface area contributed by atoms with E-state index in [1.165, 1.54) is 37.1 Å². The molecule has 0 radical (unpaired) electrons. The molecule has 19 heteroatoms. The van der Waals surface area contributed by atoms with Gasteiger partial charge in [-0.15, -0.1) is 0 Å². The summed E-state index contributed by atoms with van der Waals surface area (Å²) >= 11 is 0. The quantitative estimate of drug-likeness (QED) is 0.0868. The number of hydrogen-bond acceptors (Lipinski definition) is 15. The van der Waals surface area contributed by atoms with Gasteiger partial charge in [0.15, 0.2) is 17.9 Å². The number of hydrogen-bond donors (Lipinski definition) is 0. The molecule has 1 aliphatic carbocycles. The number of aromatic nitrogens is 5. The predicted octanol–water partition coefficient (Wildman–Crippen LogP) is 4.73. The first-order valence-corrected chi connectivity index (χ1v) is 17.9. The van der Waals surface area contributed by atoms with Gasteiger partial charge in [-0.1, -0.05) is 19.8 Å². The molecule has 294 valence electrons. The minimum absolute atomic E-state index is 0.0784. The highest BCUT2D eigenvalue weighted by atomic mass is 16.7. The molecule has 0 spiro atoms. The van der Waals surface area contributed by atoms with E-state index in [0.29, 0.717) is 29.0 Å². The van der Waals surface area contributed by atoms with Crippen LogP contribution in [-0.2, 0) is 33.3 Å². The van der Waals surface area contributed by atoms with Gasteiger partial charge in [-0.25, -0.2) is 19.6 Å². The average Bonchev–Trinajstić information content (AvgIpc) is 3.97. The molecule has 1 aliphatic heterocycles. The first-order chi connectivity index (χ1) is 26.8. The summed E-state index contributed by atoms with van der Waals surface area (Å²) in [6, 6.07) is 6.60. The second-order valence-corrected chi connectivity index (χ2v) is 13.7. The third-order valence-corrected chi connectivity index (χ3v) is 10.1. The molecule has 2 fully saturated rings. The van der Waals surface area contributed by atoms with E-state index in [1.54, 1.807) is 12.3 Å². The number of methoxy groups -OCH3 is 1. The topological polar surface area (TPSA) is 233 Å². The van der Waals surface area contributed by atoms with Gasteiger partial charge in [0.05, 0.1) is 48.1 Å². The van der Waals surface area contributed by atoms with Gasteiger partial charge in [-0.05, 0) is 30.9 Å². The zero-order valence-electron chi connectivity index (χ0n) is 31.3. The molecule has 1 saturated heterocycles. The number of ether oxygens (including phenoxy) is 5. The molecule has 0 N–H and O–H groups in total. The van der Waals surface area contributed by atoms with E-state index >= 15 is 0 Å². The van der Waals surface area contributed by atoms with Crippen LogP contribution in [0.3, 0.4) is 0 Å². The van der Waals surface area contributed by atoms with Crippen molar-refractivity contribution in [1.29, 1.82) is 5.26 Å². The molecule has 6 atom stereocenters. The number of fused-ring (bicyclic) bond motifs is 1. The fourth-order valence-corrected chi connectivity index (χ4v) is 7.39. The third kappa shape index (κ3) is 7.86. The minimum Gasteiger partial charge on any atom is -0.467 e. The average molecular weight is 773 g/mol. The third-order valence-electron chi connectivity index (χ3n) is 10.1. The molecule has 0 bridgehead atoms. The van der Waals surface area contributed by atoms with Gasteiger partial charge >= 0.3 is 23.9 Å². The monoisotopic (exact) mass is 772 g/mol. The molecule has 0 unspecified atom stereocenters. The van der Waals surface area contributed by atoms with Gasteiger partial charge in [-0.2, -0.15) is 10.4 Å². The largest absolute Gasteiger partial charge is 0.467 e. The smallest absolute Gasteiger partial charge is 0.335 e. The van der Waals surface area contributed by atoms with Crippen LogP contribution in [-0.4, -0.2) is 91.9 Å². The number of carbonyl (C=O) groups is 4. The Morgan fingerprint density at radius 3 is 2.48 bits per heavy atom. The predicted molar refractivity (Wildman–Crippen MR) is 194 cm³/mol. The van der Waals surface area contributed by atoms with Crippen molar-refractivity contribution >= 4 is 46.3 Å². The summed E-state index contributed by atoms with van der Waals surface area (Å²) in [6.45, 7) is 3.80. The van der Waals surface area contributed by atoms with E-state index in [9.17, 15) is 34.6 Å². The van der Waals surface area contributed by atoms with Crippen LogP contribution in [0.15, 0.2) is 49.2 Å². The van der Waals surface area contributed by atoms with Gasteiger partial charge < -0.3 is 23.7 Å². The Balaban J connectivity index is 1.34. The van der Waals surface area contributed by atoms with E-state index in [4.69, 9.17) is 23.7 Å². The summed E-state index contributed by atoms with van der Waals surface area (Å²) in [5.74, 6) is -3.03. The van der Waals surface area contributed by atoms with Crippen LogP contribution in [0.4, 0.5) is 16.2 Å². The van der Waals surface area contributed by atoms with Crippen molar-refractivity contribution in [3.63, 3.8) is 0 Å². The fraction of sp³-hybridized carbons (Fsp3) is 0.459. The molecule has 4 heterocycles. The number of nitriles is 1. The highest BCUT2D eigenvalue weighted by Gasteiger charge is 2.52. The zero-order chi connectivity index (χ0) is 40.3. The second-order valence-electron chi connectivity index (χ2n) is 13.7. The Hall–Kier alpha value is -6.42. The van der Waals surface area contributed by atoms with Crippen LogP contribution in [0, 0.1) is 33.3 Å². The highest BCUT2D eigenvalue weighted by molar-refractivity contribution is 6.02. The number of esters is 3. The van der Waals surface area contributed by atoms with E-state index in [2.05, 4.69) is 21.1 Å². The number of nitro benzene ring substituents is 1. The number of anilines is 1. The Morgan fingerprint density at radius 2 is 1.82 bits per heavy atom. The van der Waals surface area contributed by atoms with Crippen molar-refractivity contribution in [2.24, 2.45) is 11.8 Å². The van der Waals surface area contributed by atoms with Gasteiger partial charge in [0, 0.05) is 62.3 Å². The molecule has 56 heavy (non-hydrogen) atoms. The summed E-state index contributed by atoms with van der Waals surface area (Å²) in [5, 5.41) is 26.5. The Bertz CT molecular complexity index is 2190. The second kappa shape index (κ2) is 16.5. The van der Waals surface area contributed by atoms with Crippen molar-refractivity contribution in [3.05, 3.63) is 59.3 Å². The number of benzene rings is 1. The summed E-state index contributed by atoms with van der Waals surface area (Å²) < 4.78 is 31.0. The lowest BCUT2D eigenvalue weighted by atomic mass is 9.90. The van der Waals surface area contributed by atoms with Crippen molar-refractivity contribution in [2.45, 2.75) is 83.5 Å². The van der Waals surface area contributed by atoms with Crippen molar-refractivity contribution in [2.75, 3.05) is 19.1 Å². The first-order valence-electron chi connectivity index (χ1n) is 17.9. The number of non-ortho nitro benzene ring substituents is 1. The maximum absolute atomic E-state index is 14.2. The summed E-state index contributed by atoms with van der Waals surface area (Å²) in [7, 11) is 2.49. The number of carbonyl (C=O) groups excluding carboxylic acids is 4. The van der Waals surface area contributed by atoms with E-state index in [0.717, 1.165) is 63.7 Å². The van der Waals surface area contributed by atoms with Crippen LogP contribution in [0.1, 0.15) is 58.9 Å². The summed E-state index contributed by atoms with van der Waals surface area (Å²) in [4.78, 5) is 72.6. The maximum Gasteiger partial charge on any atom is 0.335 e. The molecule has 6 rings (SSSR count). The highest BCUT2D eigenvalue weighted by Crippen LogP contribution is 2.39. The van der Waals surface area contributed by atoms with E-state index in [-0.39, 0.29) is 23.1 Å². The lowest BCUT2D eigenvalue weighted by molar-refractivity contribution is -0.384. The molecule has 2 aliphatic rings. The number of nitrogens with zero attached hydrogens (tertiary/aromatic N) is 8. The summed E-state index contributed by atoms with van der Waals surface area (Å²) in [6.07, 6.45) is 5.24. The molecule has 1 amide bonds.